The van der Waals surface area contributed by atoms with Gasteiger partial charge in [-0.25, -0.2) is 0 Å². The Morgan fingerprint density at radius 3 is 2.05 bits per heavy atom. The van der Waals surface area contributed by atoms with Gasteiger partial charge in [-0.3, -0.25) is 14.6 Å². The van der Waals surface area contributed by atoms with E-state index in [0.29, 0.717) is 0 Å². The molecule has 8 heteroatoms. The summed E-state index contributed by atoms with van der Waals surface area (Å²) in [6.07, 6.45) is 1.11. The molecule has 0 aliphatic heterocycles. The second-order valence-corrected chi connectivity index (χ2v) is 5.20. The van der Waals surface area contributed by atoms with E-state index in [0.717, 1.165) is 6.21 Å². The van der Waals surface area contributed by atoms with Crippen molar-refractivity contribution >= 4 is 58.6 Å². The number of hydrogen-bond donors (Lipinski definition) is 0. The Morgan fingerprint density at radius 1 is 1.05 bits per heavy atom. The van der Waals surface area contributed by atoms with Crippen molar-refractivity contribution in [3.63, 3.8) is 0 Å². The molecule has 0 unspecified atom stereocenters. The van der Waals surface area contributed by atoms with Gasteiger partial charge in [0.15, 0.2) is 5.92 Å². The molecule has 0 aliphatic rings. The van der Waals surface area contributed by atoms with Crippen molar-refractivity contribution in [3.05, 3.63) is 27.2 Å². The number of nitrogens with zero attached hydrogens (tertiary/aromatic N) is 1. The first-order valence-corrected chi connectivity index (χ1v) is 7.56. The van der Waals surface area contributed by atoms with Crippen LogP contribution in [0.2, 0.25) is 15.1 Å². The molecule has 0 spiro atoms. The summed E-state index contributed by atoms with van der Waals surface area (Å²) in [5.41, 5.74) is 0.273. The maximum atomic E-state index is 11.8. The number of benzene rings is 1. The molecule has 0 saturated carbocycles. The van der Waals surface area contributed by atoms with Gasteiger partial charge in [-0.1, -0.05) is 34.8 Å². The Labute approximate surface area is 143 Å². The highest BCUT2D eigenvalue weighted by Gasteiger charge is 2.27. The van der Waals surface area contributed by atoms with Gasteiger partial charge in [0.25, 0.3) is 0 Å². The highest BCUT2D eigenvalue weighted by molar-refractivity contribution is 6.44. The molecule has 0 aliphatic carbocycles. The van der Waals surface area contributed by atoms with Crippen LogP contribution in [0.15, 0.2) is 17.1 Å². The molecule has 22 heavy (non-hydrogen) atoms. The molecule has 0 saturated heterocycles. The lowest BCUT2D eigenvalue weighted by atomic mass is 10.1. The minimum Gasteiger partial charge on any atom is -0.465 e. The van der Waals surface area contributed by atoms with E-state index in [1.807, 2.05) is 0 Å². The fraction of sp³-hybridized carbons (Fsp3) is 0.357. The summed E-state index contributed by atoms with van der Waals surface area (Å²) in [4.78, 5) is 27.6. The van der Waals surface area contributed by atoms with Crippen LogP contribution < -0.4 is 0 Å². The molecule has 1 rings (SSSR count). The van der Waals surface area contributed by atoms with Gasteiger partial charge in [-0.05, 0) is 26.0 Å². The van der Waals surface area contributed by atoms with E-state index in [2.05, 4.69) is 4.99 Å². The summed E-state index contributed by atoms with van der Waals surface area (Å²) in [7, 11) is 0. The lowest BCUT2D eigenvalue weighted by Gasteiger charge is -2.10. The number of esters is 2. The maximum Gasteiger partial charge on any atom is 0.325 e. The summed E-state index contributed by atoms with van der Waals surface area (Å²) in [6, 6.07) is 2.85. The lowest BCUT2D eigenvalue weighted by Crippen LogP contribution is -2.29. The van der Waals surface area contributed by atoms with Crippen LogP contribution in [0.5, 0.6) is 0 Å². The second kappa shape index (κ2) is 8.98. The van der Waals surface area contributed by atoms with Crippen LogP contribution in [-0.4, -0.2) is 31.4 Å². The average Bonchev–Trinajstić information content (AvgIpc) is 2.45. The first-order chi connectivity index (χ1) is 10.4. The van der Waals surface area contributed by atoms with Crippen molar-refractivity contribution in [1.82, 2.24) is 0 Å². The molecule has 5 nitrogen and oxygen atoms in total. The molecule has 0 N–H and O–H groups in total. The third-order valence-electron chi connectivity index (χ3n) is 2.43. The van der Waals surface area contributed by atoms with Crippen LogP contribution in [0.25, 0.3) is 0 Å². The van der Waals surface area contributed by atoms with Crippen LogP contribution in [0.4, 0.5) is 5.69 Å². The molecule has 1 aromatic rings. The summed E-state index contributed by atoms with van der Waals surface area (Å²) in [6.45, 7) is 3.53. The zero-order valence-corrected chi connectivity index (χ0v) is 14.2. The first kappa shape index (κ1) is 18.7. The Hall–Kier alpha value is -1.30. The zero-order valence-electron chi connectivity index (χ0n) is 11.9. The van der Waals surface area contributed by atoms with Crippen molar-refractivity contribution in [2.45, 2.75) is 13.8 Å². The highest BCUT2D eigenvalue weighted by Crippen LogP contribution is 2.33. The fourth-order valence-electron chi connectivity index (χ4n) is 1.45. The topological polar surface area (TPSA) is 65.0 Å². The predicted molar refractivity (Wildman–Crippen MR) is 86.4 cm³/mol. The van der Waals surface area contributed by atoms with Crippen LogP contribution in [0.1, 0.15) is 13.8 Å². The van der Waals surface area contributed by atoms with Crippen molar-refractivity contribution in [3.8, 4) is 0 Å². The molecule has 0 atom stereocenters. The van der Waals surface area contributed by atoms with Gasteiger partial charge in [0, 0.05) is 6.21 Å². The summed E-state index contributed by atoms with van der Waals surface area (Å²) in [5.74, 6) is -2.77. The molecule has 0 amide bonds. The van der Waals surface area contributed by atoms with Gasteiger partial charge in [0.2, 0.25) is 0 Å². The third kappa shape index (κ3) is 5.16. The maximum absolute atomic E-state index is 11.8. The van der Waals surface area contributed by atoms with Crippen LogP contribution >= 0.6 is 34.8 Å². The van der Waals surface area contributed by atoms with E-state index in [1.54, 1.807) is 13.8 Å². The molecule has 0 heterocycles. The molecule has 0 bridgehead atoms. The molecular formula is C14H14Cl3NO4. The number of rotatable bonds is 6. The molecule has 0 fully saturated rings. The van der Waals surface area contributed by atoms with E-state index >= 15 is 0 Å². The Balaban J connectivity index is 3.05. The normalized spacial score (nSPS) is 11.0. The number of halogens is 3. The van der Waals surface area contributed by atoms with E-state index < -0.39 is 17.9 Å². The highest BCUT2D eigenvalue weighted by atomic mass is 35.5. The zero-order chi connectivity index (χ0) is 16.7. The monoisotopic (exact) mass is 365 g/mol. The molecular weight excluding hydrogens is 353 g/mol. The van der Waals surface area contributed by atoms with Gasteiger partial charge in [-0.15, -0.1) is 0 Å². The molecule has 0 aromatic heterocycles. The average molecular weight is 367 g/mol. The molecule has 0 radical (unpaired) electrons. The lowest BCUT2D eigenvalue weighted by molar-refractivity contribution is -0.157. The minimum atomic E-state index is -1.27. The van der Waals surface area contributed by atoms with Gasteiger partial charge < -0.3 is 9.47 Å². The predicted octanol–water partition coefficient (Wildman–Crippen LogP) is 4.09. The number of carbonyl (C=O) groups excluding carboxylic acids is 2. The smallest absolute Gasteiger partial charge is 0.325 e. The number of ether oxygens (including phenoxy) is 2. The van der Waals surface area contributed by atoms with E-state index in [9.17, 15) is 9.59 Å². The van der Waals surface area contributed by atoms with Gasteiger partial charge in [0.05, 0.1) is 34.0 Å². The summed E-state index contributed by atoms with van der Waals surface area (Å²) >= 11 is 17.7. The second-order valence-electron chi connectivity index (χ2n) is 3.98. The standard InChI is InChI=1S/C14H14Cl3NO4/c1-3-21-13(19)8(14(20)22-4-2)7-18-12-6-10(16)9(15)5-11(12)17/h5-8H,3-4H2,1-2H3. The molecule has 120 valence electrons. The first-order valence-electron chi connectivity index (χ1n) is 6.42. The van der Waals surface area contributed by atoms with E-state index in [-0.39, 0.29) is 34.0 Å². The summed E-state index contributed by atoms with van der Waals surface area (Å²) in [5, 5.41) is 0.761. The van der Waals surface area contributed by atoms with Gasteiger partial charge >= 0.3 is 11.9 Å². The number of aliphatic imine (C=N–C) groups is 1. The van der Waals surface area contributed by atoms with Crippen molar-refractivity contribution in [1.29, 1.82) is 0 Å². The molecule has 1 aromatic carbocycles. The van der Waals surface area contributed by atoms with E-state index in [1.165, 1.54) is 12.1 Å². The van der Waals surface area contributed by atoms with E-state index in [4.69, 9.17) is 44.3 Å². The van der Waals surface area contributed by atoms with Gasteiger partial charge in [0.1, 0.15) is 0 Å². The number of carbonyl (C=O) groups is 2. The van der Waals surface area contributed by atoms with Crippen LogP contribution in [0.3, 0.4) is 0 Å². The largest absolute Gasteiger partial charge is 0.465 e. The quantitative estimate of drug-likeness (QED) is 0.329. The van der Waals surface area contributed by atoms with Crippen LogP contribution in [0, 0.1) is 5.92 Å². The van der Waals surface area contributed by atoms with Crippen molar-refractivity contribution in [2.75, 3.05) is 13.2 Å². The van der Waals surface area contributed by atoms with Crippen molar-refractivity contribution < 1.29 is 19.1 Å². The Morgan fingerprint density at radius 2 is 1.55 bits per heavy atom. The summed E-state index contributed by atoms with van der Waals surface area (Å²) < 4.78 is 9.64. The third-order valence-corrected chi connectivity index (χ3v) is 3.46. The Bertz CT molecular complexity index is 572. The Kier molecular flexibility index (Phi) is 7.65. The number of hydrogen-bond acceptors (Lipinski definition) is 5. The fourth-order valence-corrected chi connectivity index (χ4v) is 2.04. The van der Waals surface area contributed by atoms with Gasteiger partial charge in [-0.2, -0.15) is 0 Å². The van der Waals surface area contributed by atoms with Crippen molar-refractivity contribution in [2.24, 2.45) is 10.9 Å². The minimum absolute atomic E-state index is 0.135. The SMILES string of the molecule is CCOC(=O)C(C=Nc1cc(Cl)c(Cl)cc1Cl)C(=O)OCC. The van der Waals surface area contributed by atoms with Crippen LogP contribution in [-0.2, 0) is 19.1 Å².